The Bertz CT molecular complexity index is 724. The van der Waals surface area contributed by atoms with Gasteiger partial charge in [0.25, 0.3) is 0 Å². The molecule has 0 heterocycles. The summed E-state index contributed by atoms with van der Waals surface area (Å²) in [5.74, 6) is 0.654. The fourth-order valence-corrected chi connectivity index (χ4v) is 2.95. The van der Waals surface area contributed by atoms with Crippen LogP contribution < -0.4 is 15.4 Å². The summed E-state index contributed by atoms with van der Waals surface area (Å²) in [5, 5.41) is 5.55. The standard InChI is InChI=1S/C17H17BrN2O3S/c1-23-15-8-3-2-7-14(15)20-17(22)11-24-10-16(21)19-13-6-4-5-12(18)9-13/h2-9H,10-11H2,1H3,(H,19,21)(H,20,22). The second-order valence-corrected chi connectivity index (χ2v) is 6.70. The first-order chi connectivity index (χ1) is 11.6. The molecule has 2 amide bonds. The van der Waals surface area contributed by atoms with Crippen molar-refractivity contribution in [2.24, 2.45) is 0 Å². The van der Waals surface area contributed by atoms with E-state index in [1.54, 1.807) is 19.2 Å². The Morgan fingerprint density at radius 2 is 1.75 bits per heavy atom. The summed E-state index contributed by atoms with van der Waals surface area (Å²) < 4.78 is 6.07. The van der Waals surface area contributed by atoms with Crippen LogP contribution in [0.1, 0.15) is 0 Å². The molecular weight excluding hydrogens is 392 g/mol. The molecule has 0 bridgehead atoms. The van der Waals surface area contributed by atoms with Gasteiger partial charge >= 0.3 is 0 Å². The summed E-state index contributed by atoms with van der Waals surface area (Å²) in [5.41, 5.74) is 1.33. The average molecular weight is 409 g/mol. The fraction of sp³-hybridized carbons (Fsp3) is 0.176. The van der Waals surface area contributed by atoms with Crippen molar-refractivity contribution >= 4 is 50.9 Å². The highest BCUT2D eigenvalue weighted by Gasteiger charge is 2.09. The van der Waals surface area contributed by atoms with Crippen LogP contribution in [0.3, 0.4) is 0 Å². The SMILES string of the molecule is COc1ccccc1NC(=O)CSCC(=O)Nc1cccc(Br)c1. The molecule has 126 valence electrons. The summed E-state index contributed by atoms with van der Waals surface area (Å²) in [6.45, 7) is 0. The lowest BCUT2D eigenvalue weighted by Gasteiger charge is -2.09. The molecule has 2 rings (SSSR count). The predicted octanol–water partition coefficient (Wildman–Crippen LogP) is 3.77. The van der Waals surface area contributed by atoms with Gasteiger partial charge in [-0.2, -0.15) is 0 Å². The molecule has 0 saturated heterocycles. The van der Waals surface area contributed by atoms with E-state index in [0.29, 0.717) is 17.1 Å². The van der Waals surface area contributed by atoms with Crippen molar-refractivity contribution in [1.29, 1.82) is 0 Å². The molecule has 24 heavy (non-hydrogen) atoms. The van der Waals surface area contributed by atoms with Gasteiger partial charge in [0.15, 0.2) is 0 Å². The van der Waals surface area contributed by atoms with Gasteiger partial charge in [0, 0.05) is 10.2 Å². The maximum Gasteiger partial charge on any atom is 0.234 e. The van der Waals surface area contributed by atoms with E-state index in [1.807, 2.05) is 36.4 Å². The van der Waals surface area contributed by atoms with Crippen LogP contribution in [0.25, 0.3) is 0 Å². The van der Waals surface area contributed by atoms with Gasteiger partial charge in [-0.05, 0) is 30.3 Å². The average Bonchev–Trinajstić information content (AvgIpc) is 2.55. The lowest BCUT2D eigenvalue weighted by molar-refractivity contribution is -0.114. The van der Waals surface area contributed by atoms with Crippen molar-refractivity contribution in [3.63, 3.8) is 0 Å². The zero-order valence-electron chi connectivity index (χ0n) is 13.0. The number of carbonyl (C=O) groups is 2. The van der Waals surface area contributed by atoms with Gasteiger partial charge in [-0.25, -0.2) is 0 Å². The molecule has 0 unspecified atom stereocenters. The van der Waals surface area contributed by atoms with E-state index in [1.165, 1.54) is 11.8 Å². The summed E-state index contributed by atoms with van der Waals surface area (Å²) in [7, 11) is 1.55. The van der Waals surface area contributed by atoms with Crippen molar-refractivity contribution in [1.82, 2.24) is 0 Å². The number of nitrogens with one attached hydrogen (secondary N) is 2. The number of thioether (sulfide) groups is 1. The van der Waals surface area contributed by atoms with Crippen LogP contribution in [0.4, 0.5) is 11.4 Å². The summed E-state index contributed by atoms with van der Waals surface area (Å²) in [6, 6.07) is 14.5. The Balaban J connectivity index is 1.75. The maximum atomic E-state index is 11.9. The third kappa shape index (κ3) is 5.90. The van der Waals surface area contributed by atoms with Crippen LogP contribution >= 0.6 is 27.7 Å². The molecule has 0 aliphatic heterocycles. The molecule has 2 aromatic carbocycles. The van der Waals surface area contributed by atoms with Crippen LogP contribution in [0.5, 0.6) is 5.75 Å². The predicted molar refractivity (Wildman–Crippen MR) is 102 cm³/mol. The van der Waals surface area contributed by atoms with Gasteiger partial charge < -0.3 is 15.4 Å². The smallest absolute Gasteiger partial charge is 0.234 e. The molecule has 5 nitrogen and oxygen atoms in total. The molecule has 2 aromatic rings. The molecule has 0 aromatic heterocycles. The highest BCUT2D eigenvalue weighted by Crippen LogP contribution is 2.23. The van der Waals surface area contributed by atoms with Gasteiger partial charge in [-0.15, -0.1) is 11.8 Å². The first-order valence-electron chi connectivity index (χ1n) is 7.14. The number of benzene rings is 2. The molecule has 7 heteroatoms. The number of hydrogen-bond donors (Lipinski definition) is 2. The minimum atomic E-state index is -0.181. The number of rotatable bonds is 7. The summed E-state index contributed by atoms with van der Waals surface area (Å²) in [4.78, 5) is 23.8. The lowest BCUT2D eigenvalue weighted by atomic mass is 10.3. The second-order valence-electron chi connectivity index (χ2n) is 4.80. The topological polar surface area (TPSA) is 67.4 Å². The third-order valence-corrected chi connectivity index (χ3v) is 4.38. The second kappa shape index (κ2) is 9.34. The van der Waals surface area contributed by atoms with Crippen molar-refractivity contribution < 1.29 is 14.3 Å². The molecule has 0 spiro atoms. The Labute approximate surface area is 153 Å². The van der Waals surface area contributed by atoms with E-state index in [4.69, 9.17) is 4.74 Å². The van der Waals surface area contributed by atoms with Gasteiger partial charge in [-0.1, -0.05) is 34.1 Å². The first-order valence-corrected chi connectivity index (χ1v) is 9.09. The minimum absolute atomic E-state index is 0.150. The molecule has 0 saturated carbocycles. The lowest BCUT2D eigenvalue weighted by Crippen LogP contribution is -2.18. The van der Waals surface area contributed by atoms with E-state index in [0.717, 1.165) is 4.47 Å². The number of anilines is 2. The Morgan fingerprint density at radius 1 is 1.04 bits per heavy atom. The third-order valence-electron chi connectivity index (χ3n) is 2.96. The van der Waals surface area contributed by atoms with E-state index in [-0.39, 0.29) is 23.3 Å². The van der Waals surface area contributed by atoms with E-state index in [2.05, 4.69) is 26.6 Å². The zero-order valence-corrected chi connectivity index (χ0v) is 15.4. The van der Waals surface area contributed by atoms with Gasteiger partial charge in [0.1, 0.15) is 5.75 Å². The number of amides is 2. The molecule has 2 N–H and O–H groups in total. The number of carbonyl (C=O) groups excluding carboxylic acids is 2. The quantitative estimate of drug-likeness (QED) is 0.731. The Hall–Kier alpha value is -1.99. The van der Waals surface area contributed by atoms with Crippen molar-refractivity contribution in [3.8, 4) is 5.75 Å². The number of halogens is 1. The molecule has 0 fully saturated rings. The summed E-state index contributed by atoms with van der Waals surface area (Å²) >= 11 is 4.60. The maximum absolute atomic E-state index is 11.9. The van der Waals surface area contributed by atoms with Crippen molar-refractivity contribution in [2.45, 2.75) is 0 Å². The number of ether oxygens (including phenoxy) is 1. The molecule has 0 atom stereocenters. The van der Waals surface area contributed by atoms with Crippen LogP contribution in [0, 0.1) is 0 Å². The molecule has 0 aliphatic carbocycles. The van der Waals surface area contributed by atoms with E-state index in [9.17, 15) is 9.59 Å². The Morgan fingerprint density at radius 3 is 2.46 bits per heavy atom. The monoisotopic (exact) mass is 408 g/mol. The highest BCUT2D eigenvalue weighted by molar-refractivity contribution is 9.10. The number of methoxy groups -OCH3 is 1. The van der Waals surface area contributed by atoms with Crippen LogP contribution in [-0.2, 0) is 9.59 Å². The molecule has 0 radical (unpaired) electrons. The summed E-state index contributed by atoms with van der Waals surface area (Å²) in [6.07, 6.45) is 0. The van der Waals surface area contributed by atoms with Crippen molar-refractivity contribution in [2.75, 3.05) is 29.2 Å². The van der Waals surface area contributed by atoms with Gasteiger partial charge in [0.05, 0.1) is 24.3 Å². The first kappa shape index (κ1) is 18.4. The minimum Gasteiger partial charge on any atom is -0.495 e. The number of hydrogen-bond acceptors (Lipinski definition) is 4. The van der Waals surface area contributed by atoms with Crippen LogP contribution in [0.15, 0.2) is 53.0 Å². The van der Waals surface area contributed by atoms with E-state index < -0.39 is 0 Å². The van der Waals surface area contributed by atoms with Crippen molar-refractivity contribution in [3.05, 3.63) is 53.0 Å². The van der Waals surface area contributed by atoms with Crippen LogP contribution in [0.2, 0.25) is 0 Å². The van der Waals surface area contributed by atoms with Gasteiger partial charge in [-0.3, -0.25) is 9.59 Å². The fourth-order valence-electron chi connectivity index (χ4n) is 1.93. The molecular formula is C17H17BrN2O3S. The molecule has 0 aliphatic rings. The van der Waals surface area contributed by atoms with Gasteiger partial charge in [0.2, 0.25) is 11.8 Å². The van der Waals surface area contributed by atoms with Crippen LogP contribution in [-0.4, -0.2) is 30.4 Å². The van der Waals surface area contributed by atoms with E-state index >= 15 is 0 Å². The zero-order chi connectivity index (χ0) is 17.4. The highest BCUT2D eigenvalue weighted by atomic mass is 79.9. The Kier molecular flexibility index (Phi) is 7.14. The number of para-hydroxylation sites is 2. The largest absolute Gasteiger partial charge is 0.495 e. The normalized spacial score (nSPS) is 10.1.